The molecule has 5 rings (SSSR count). The van der Waals surface area contributed by atoms with Crippen LogP contribution < -0.4 is 14.8 Å². The second-order valence-corrected chi connectivity index (χ2v) is 8.66. The highest BCUT2D eigenvalue weighted by Gasteiger charge is 2.43. The van der Waals surface area contributed by atoms with Crippen LogP contribution in [0.2, 0.25) is 0 Å². The highest BCUT2D eigenvalue weighted by molar-refractivity contribution is 5.99. The number of ether oxygens (including phenoxy) is 2. The van der Waals surface area contributed by atoms with Crippen molar-refractivity contribution in [3.8, 4) is 22.8 Å². The van der Waals surface area contributed by atoms with Gasteiger partial charge in [0.05, 0.1) is 18.8 Å². The van der Waals surface area contributed by atoms with Gasteiger partial charge in [0.15, 0.2) is 0 Å². The monoisotopic (exact) mass is 421 g/mol. The smallest absolute Gasteiger partial charge is 0.228 e. The van der Waals surface area contributed by atoms with Crippen LogP contribution in [0.15, 0.2) is 30.6 Å². The first-order chi connectivity index (χ1) is 15.0. The Morgan fingerprint density at radius 1 is 1.29 bits per heavy atom. The third-order valence-electron chi connectivity index (χ3n) is 5.81. The summed E-state index contributed by atoms with van der Waals surface area (Å²) in [5.41, 5.74) is 2.41. The Kier molecular flexibility index (Phi) is 5.02. The molecular weight excluding hydrogens is 394 g/mol. The van der Waals surface area contributed by atoms with Crippen molar-refractivity contribution in [2.45, 2.75) is 25.4 Å². The lowest BCUT2D eigenvalue weighted by molar-refractivity contribution is -0.117. The van der Waals surface area contributed by atoms with Crippen LogP contribution in [0.5, 0.6) is 11.6 Å². The van der Waals surface area contributed by atoms with Crippen LogP contribution in [0.25, 0.3) is 22.2 Å². The first kappa shape index (κ1) is 19.8. The Morgan fingerprint density at radius 3 is 2.87 bits per heavy atom. The number of fused-ring (bicyclic) bond motifs is 1. The number of anilines is 1. The maximum atomic E-state index is 12.5. The lowest BCUT2D eigenvalue weighted by atomic mass is 10.1. The highest BCUT2D eigenvalue weighted by Crippen LogP contribution is 2.43. The van der Waals surface area contributed by atoms with Crippen LogP contribution >= 0.6 is 0 Å². The fourth-order valence-electron chi connectivity index (χ4n) is 4.03. The quantitative estimate of drug-likeness (QED) is 0.580. The van der Waals surface area contributed by atoms with E-state index in [-0.39, 0.29) is 17.9 Å². The highest BCUT2D eigenvalue weighted by atomic mass is 16.5. The van der Waals surface area contributed by atoms with Gasteiger partial charge >= 0.3 is 0 Å². The number of pyridine rings is 2. The third kappa shape index (κ3) is 4.07. The summed E-state index contributed by atoms with van der Waals surface area (Å²) in [7, 11) is 5.67. The van der Waals surface area contributed by atoms with Crippen molar-refractivity contribution in [2.75, 3.05) is 33.1 Å². The first-order valence-corrected chi connectivity index (χ1v) is 10.7. The van der Waals surface area contributed by atoms with Crippen molar-refractivity contribution in [3.63, 3.8) is 0 Å². The van der Waals surface area contributed by atoms with Crippen molar-refractivity contribution in [3.05, 3.63) is 30.6 Å². The Hall–Kier alpha value is -3.13. The number of H-pyrrole nitrogens is 1. The molecule has 0 aromatic carbocycles. The number of aromatic nitrogens is 3. The summed E-state index contributed by atoms with van der Waals surface area (Å²) in [4.78, 5) is 26.9. The number of hydrogen-bond acceptors (Lipinski definition) is 6. The molecule has 0 bridgehead atoms. The van der Waals surface area contributed by atoms with Gasteiger partial charge in [0.1, 0.15) is 17.2 Å². The van der Waals surface area contributed by atoms with E-state index in [2.05, 4.69) is 25.2 Å². The van der Waals surface area contributed by atoms with Gasteiger partial charge in [0.25, 0.3) is 0 Å². The lowest BCUT2D eigenvalue weighted by Gasteiger charge is -2.13. The van der Waals surface area contributed by atoms with Crippen LogP contribution in [0.1, 0.15) is 19.3 Å². The summed E-state index contributed by atoms with van der Waals surface area (Å²) >= 11 is 0. The average Bonchev–Trinajstić information content (AvgIpc) is 3.66. The summed E-state index contributed by atoms with van der Waals surface area (Å²) < 4.78 is 11.6. The van der Waals surface area contributed by atoms with Crippen molar-refractivity contribution < 1.29 is 14.3 Å². The predicted molar refractivity (Wildman–Crippen MR) is 118 cm³/mol. The fraction of sp³-hybridized carbons (Fsp3) is 0.435. The van der Waals surface area contributed by atoms with E-state index in [1.54, 1.807) is 13.3 Å². The number of carbonyl (C=O) groups excluding carboxylic acids is 1. The van der Waals surface area contributed by atoms with Gasteiger partial charge in [-0.1, -0.05) is 0 Å². The second-order valence-electron chi connectivity index (χ2n) is 8.66. The van der Waals surface area contributed by atoms with Gasteiger partial charge in [-0.15, -0.1) is 0 Å². The number of nitrogens with zero attached hydrogens (tertiary/aromatic N) is 3. The molecule has 2 unspecified atom stereocenters. The molecule has 0 spiro atoms. The summed E-state index contributed by atoms with van der Waals surface area (Å²) in [5, 5.41) is 3.88. The largest absolute Gasteiger partial charge is 0.490 e. The van der Waals surface area contributed by atoms with E-state index in [1.165, 1.54) is 0 Å². The van der Waals surface area contributed by atoms with Gasteiger partial charge in [0.2, 0.25) is 11.8 Å². The Labute approximate surface area is 181 Å². The molecular formula is C23H27N5O3. The van der Waals surface area contributed by atoms with E-state index in [9.17, 15) is 4.79 Å². The number of carbonyl (C=O) groups is 1. The number of rotatable bonds is 8. The first-order valence-electron chi connectivity index (χ1n) is 10.7. The number of nitrogens with one attached hydrogen (secondary N) is 2. The number of aromatic amines is 1. The van der Waals surface area contributed by atoms with Crippen LogP contribution in [0.4, 0.5) is 5.82 Å². The predicted octanol–water partition coefficient (Wildman–Crippen LogP) is 3.31. The van der Waals surface area contributed by atoms with Gasteiger partial charge in [0, 0.05) is 35.8 Å². The molecule has 3 heterocycles. The fourth-order valence-corrected chi connectivity index (χ4v) is 4.03. The van der Waals surface area contributed by atoms with E-state index < -0.39 is 0 Å². The van der Waals surface area contributed by atoms with Gasteiger partial charge in [-0.2, -0.15) is 0 Å². The summed E-state index contributed by atoms with van der Waals surface area (Å²) in [6, 6.07) is 5.67. The summed E-state index contributed by atoms with van der Waals surface area (Å²) in [6.45, 7) is 0.933. The van der Waals surface area contributed by atoms with Crippen LogP contribution in [0, 0.1) is 11.8 Å². The Morgan fingerprint density at radius 2 is 2.13 bits per heavy atom. The van der Waals surface area contributed by atoms with Gasteiger partial charge in [-0.25, -0.2) is 9.97 Å². The topological polar surface area (TPSA) is 92.4 Å². The number of amides is 1. The van der Waals surface area contributed by atoms with Crippen LogP contribution in [-0.4, -0.2) is 59.6 Å². The minimum absolute atomic E-state index is 0.0412. The van der Waals surface area contributed by atoms with Crippen molar-refractivity contribution in [2.24, 2.45) is 11.8 Å². The number of methoxy groups -OCH3 is 1. The van der Waals surface area contributed by atoms with Crippen LogP contribution in [0.3, 0.4) is 0 Å². The average molecular weight is 422 g/mol. The van der Waals surface area contributed by atoms with E-state index >= 15 is 0 Å². The van der Waals surface area contributed by atoms with Crippen LogP contribution in [-0.2, 0) is 4.79 Å². The molecule has 1 amide bonds. The zero-order valence-corrected chi connectivity index (χ0v) is 18.0. The van der Waals surface area contributed by atoms with Gasteiger partial charge in [-0.3, -0.25) is 4.79 Å². The molecule has 8 nitrogen and oxygen atoms in total. The summed E-state index contributed by atoms with van der Waals surface area (Å²) in [6.07, 6.45) is 6.91. The molecule has 0 radical (unpaired) electrons. The Bertz CT molecular complexity index is 1120. The molecule has 8 heteroatoms. The molecule has 31 heavy (non-hydrogen) atoms. The molecule has 2 aliphatic rings. The minimum Gasteiger partial charge on any atom is -0.490 e. The standard InChI is InChI=1S/C23H27N5O3/c1-28(2)12-13-10-16(13)22(29)27-19-7-6-15-17(11-25-21(15)26-19)20-18(31-14-4-5-14)8-9-24-23(20)30-3/h6-9,11,13-14,16H,4-5,10,12H2,1-3H3,(H2,25,26,27,29). The zero-order chi connectivity index (χ0) is 21.5. The molecule has 2 aliphatic carbocycles. The molecule has 2 fully saturated rings. The van der Waals surface area contributed by atoms with E-state index in [4.69, 9.17) is 9.47 Å². The SMILES string of the molecule is COc1nccc(OC2CC2)c1-c1c[nH]c2nc(NC(=O)C3CC3CN(C)C)ccc12. The van der Waals surface area contributed by atoms with Crippen molar-refractivity contribution in [1.29, 1.82) is 0 Å². The lowest BCUT2D eigenvalue weighted by Crippen LogP contribution is -2.20. The molecule has 2 atom stereocenters. The molecule has 2 N–H and O–H groups in total. The summed E-state index contributed by atoms with van der Waals surface area (Å²) in [5.74, 6) is 2.36. The normalized spacial score (nSPS) is 20.1. The molecule has 2 saturated carbocycles. The molecule has 0 saturated heterocycles. The van der Waals surface area contributed by atoms with Gasteiger partial charge < -0.3 is 24.7 Å². The maximum absolute atomic E-state index is 12.5. The van der Waals surface area contributed by atoms with Gasteiger partial charge in [-0.05, 0) is 57.5 Å². The number of hydrogen-bond donors (Lipinski definition) is 2. The second kappa shape index (κ2) is 7.85. The van der Waals surface area contributed by atoms with E-state index in [0.717, 1.165) is 48.1 Å². The third-order valence-corrected chi connectivity index (χ3v) is 5.81. The van der Waals surface area contributed by atoms with E-state index in [1.807, 2.05) is 38.5 Å². The molecule has 0 aliphatic heterocycles. The van der Waals surface area contributed by atoms with Crippen molar-refractivity contribution >= 4 is 22.8 Å². The molecule has 3 aromatic rings. The Balaban J connectivity index is 1.40. The molecule has 3 aromatic heterocycles. The van der Waals surface area contributed by atoms with Crippen molar-refractivity contribution in [1.82, 2.24) is 19.9 Å². The maximum Gasteiger partial charge on any atom is 0.228 e. The van der Waals surface area contributed by atoms with E-state index in [0.29, 0.717) is 23.3 Å². The minimum atomic E-state index is 0.0412. The zero-order valence-electron chi connectivity index (χ0n) is 18.0. The molecule has 162 valence electrons.